The third-order valence-electron chi connectivity index (χ3n) is 4.83. The Morgan fingerprint density at radius 1 is 0.750 bits per heavy atom. The Morgan fingerprint density at radius 2 is 1.33 bits per heavy atom. The van der Waals surface area contributed by atoms with E-state index >= 15 is 0 Å². The zero-order valence-electron chi connectivity index (χ0n) is 13.5. The standard InChI is InChI=1S/C21H19NO2/c23-20-17-6-2-3-7-18(17)21(24)19(20)14-15-8-10-16(11-9-15)22-12-4-1-5-13-22/h2-3,6-11,14H,1,4-5,12-13H2. The molecule has 2 aromatic rings. The van der Waals surface area contributed by atoms with Crippen molar-refractivity contribution in [3.05, 3.63) is 70.8 Å². The zero-order valence-corrected chi connectivity index (χ0v) is 13.5. The van der Waals surface area contributed by atoms with Crippen LogP contribution in [0, 0.1) is 0 Å². The van der Waals surface area contributed by atoms with E-state index in [1.54, 1.807) is 30.3 Å². The van der Waals surface area contributed by atoms with Crippen LogP contribution in [0.1, 0.15) is 45.5 Å². The van der Waals surface area contributed by atoms with Crippen LogP contribution in [0.25, 0.3) is 6.08 Å². The van der Waals surface area contributed by atoms with Crippen LogP contribution in [0.15, 0.2) is 54.1 Å². The molecular weight excluding hydrogens is 298 g/mol. The van der Waals surface area contributed by atoms with E-state index in [0.717, 1.165) is 18.7 Å². The molecule has 1 saturated heterocycles. The lowest BCUT2D eigenvalue weighted by Gasteiger charge is -2.28. The van der Waals surface area contributed by atoms with Gasteiger partial charge < -0.3 is 4.90 Å². The molecule has 0 unspecified atom stereocenters. The van der Waals surface area contributed by atoms with Crippen molar-refractivity contribution < 1.29 is 9.59 Å². The lowest BCUT2D eigenvalue weighted by atomic mass is 10.1. The molecule has 0 atom stereocenters. The van der Waals surface area contributed by atoms with E-state index in [2.05, 4.69) is 17.0 Å². The first-order chi connectivity index (χ1) is 11.7. The Hall–Kier alpha value is -2.68. The van der Waals surface area contributed by atoms with Gasteiger partial charge in [0.2, 0.25) is 0 Å². The monoisotopic (exact) mass is 317 g/mol. The quantitative estimate of drug-likeness (QED) is 0.617. The van der Waals surface area contributed by atoms with Gasteiger partial charge in [0.05, 0.1) is 5.57 Å². The molecule has 3 heteroatoms. The van der Waals surface area contributed by atoms with Crippen molar-refractivity contribution in [2.24, 2.45) is 0 Å². The number of hydrogen-bond acceptors (Lipinski definition) is 3. The average Bonchev–Trinajstić information content (AvgIpc) is 2.88. The minimum absolute atomic E-state index is 0.171. The lowest BCUT2D eigenvalue weighted by Crippen LogP contribution is -2.29. The van der Waals surface area contributed by atoms with Gasteiger partial charge in [0.25, 0.3) is 0 Å². The molecule has 1 heterocycles. The summed E-state index contributed by atoms with van der Waals surface area (Å²) in [4.78, 5) is 27.2. The molecule has 120 valence electrons. The van der Waals surface area contributed by atoms with E-state index in [0.29, 0.717) is 11.1 Å². The third kappa shape index (κ3) is 2.56. The fourth-order valence-electron chi connectivity index (χ4n) is 3.50. The van der Waals surface area contributed by atoms with E-state index in [1.165, 1.54) is 24.9 Å². The van der Waals surface area contributed by atoms with Gasteiger partial charge in [0.15, 0.2) is 11.6 Å². The Balaban J connectivity index is 1.60. The number of benzene rings is 2. The number of piperidine rings is 1. The largest absolute Gasteiger partial charge is 0.372 e. The Bertz CT molecular complexity index is 790. The molecular formula is C21H19NO2. The first-order valence-electron chi connectivity index (χ1n) is 8.49. The predicted molar refractivity (Wildman–Crippen MR) is 95.6 cm³/mol. The number of rotatable bonds is 2. The summed E-state index contributed by atoms with van der Waals surface area (Å²) in [6, 6.07) is 15.1. The molecule has 2 aromatic carbocycles. The molecule has 0 amide bonds. The van der Waals surface area contributed by atoms with Crippen molar-refractivity contribution in [1.29, 1.82) is 0 Å². The van der Waals surface area contributed by atoms with Crippen molar-refractivity contribution in [1.82, 2.24) is 0 Å². The molecule has 1 aliphatic heterocycles. The number of ketones is 2. The van der Waals surface area contributed by atoms with Crippen molar-refractivity contribution in [2.75, 3.05) is 18.0 Å². The number of carbonyl (C=O) groups excluding carboxylic acids is 2. The van der Waals surface area contributed by atoms with Crippen LogP contribution in [0.4, 0.5) is 5.69 Å². The summed E-state index contributed by atoms with van der Waals surface area (Å²) in [6.45, 7) is 2.21. The Kier molecular flexibility index (Phi) is 3.77. The maximum Gasteiger partial charge on any atom is 0.197 e. The van der Waals surface area contributed by atoms with Crippen LogP contribution < -0.4 is 4.90 Å². The average molecular weight is 317 g/mol. The van der Waals surface area contributed by atoms with Gasteiger partial charge in [-0.3, -0.25) is 9.59 Å². The second-order valence-corrected chi connectivity index (χ2v) is 6.40. The molecule has 0 spiro atoms. The lowest BCUT2D eigenvalue weighted by molar-refractivity contribution is 0.0990. The van der Waals surface area contributed by atoms with Crippen LogP contribution in [-0.4, -0.2) is 24.7 Å². The summed E-state index contributed by atoms with van der Waals surface area (Å²) in [5, 5.41) is 0. The number of fused-ring (bicyclic) bond motifs is 1. The van der Waals surface area contributed by atoms with Crippen molar-refractivity contribution in [3.8, 4) is 0 Å². The highest BCUT2D eigenvalue weighted by Crippen LogP contribution is 2.28. The highest BCUT2D eigenvalue weighted by Gasteiger charge is 2.32. The molecule has 4 rings (SSSR count). The van der Waals surface area contributed by atoms with Crippen LogP contribution in [-0.2, 0) is 0 Å². The third-order valence-corrected chi connectivity index (χ3v) is 4.83. The highest BCUT2D eigenvalue weighted by molar-refractivity contribution is 6.41. The molecule has 0 bridgehead atoms. The Morgan fingerprint density at radius 3 is 1.92 bits per heavy atom. The zero-order chi connectivity index (χ0) is 16.5. The molecule has 1 fully saturated rings. The minimum Gasteiger partial charge on any atom is -0.372 e. The maximum atomic E-state index is 12.4. The smallest absolute Gasteiger partial charge is 0.197 e. The SMILES string of the molecule is O=C1C(=Cc2ccc(N3CCCCC3)cc2)C(=O)c2ccccc21. The van der Waals surface area contributed by atoms with Gasteiger partial charge in [0, 0.05) is 29.9 Å². The van der Waals surface area contributed by atoms with E-state index in [9.17, 15) is 9.59 Å². The van der Waals surface area contributed by atoms with E-state index < -0.39 is 0 Å². The number of carbonyl (C=O) groups is 2. The summed E-state index contributed by atoms with van der Waals surface area (Å²) in [6.07, 6.45) is 5.51. The first-order valence-corrected chi connectivity index (χ1v) is 8.49. The topological polar surface area (TPSA) is 37.4 Å². The predicted octanol–water partition coefficient (Wildman–Crippen LogP) is 4.14. The van der Waals surface area contributed by atoms with Crippen LogP contribution in [0.3, 0.4) is 0 Å². The first kappa shape index (κ1) is 14.9. The molecule has 2 aliphatic rings. The van der Waals surface area contributed by atoms with Gasteiger partial charge in [-0.1, -0.05) is 36.4 Å². The summed E-state index contributed by atoms with van der Waals surface area (Å²) in [5.41, 5.74) is 3.39. The van der Waals surface area contributed by atoms with Crippen LogP contribution >= 0.6 is 0 Å². The normalized spacial score (nSPS) is 17.2. The fourth-order valence-corrected chi connectivity index (χ4v) is 3.50. The number of hydrogen-bond donors (Lipinski definition) is 0. The molecule has 0 radical (unpaired) electrons. The van der Waals surface area contributed by atoms with Crippen molar-refractivity contribution >= 4 is 23.3 Å². The fraction of sp³-hybridized carbons (Fsp3) is 0.238. The number of nitrogens with zero attached hydrogens (tertiary/aromatic N) is 1. The molecule has 3 nitrogen and oxygen atoms in total. The molecule has 0 N–H and O–H groups in total. The Labute approximate surface area is 141 Å². The van der Waals surface area contributed by atoms with E-state index in [-0.39, 0.29) is 17.1 Å². The summed E-state index contributed by atoms with van der Waals surface area (Å²) < 4.78 is 0. The van der Waals surface area contributed by atoms with Crippen LogP contribution in [0.2, 0.25) is 0 Å². The maximum absolute atomic E-state index is 12.4. The number of allylic oxidation sites excluding steroid dienone is 1. The molecule has 1 aliphatic carbocycles. The highest BCUT2D eigenvalue weighted by atomic mass is 16.2. The molecule has 0 saturated carbocycles. The van der Waals surface area contributed by atoms with Gasteiger partial charge in [-0.25, -0.2) is 0 Å². The second-order valence-electron chi connectivity index (χ2n) is 6.40. The van der Waals surface area contributed by atoms with E-state index in [1.807, 2.05) is 12.1 Å². The van der Waals surface area contributed by atoms with Crippen LogP contribution in [0.5, 0.6) is 0 Å². The van der Waals surface area contributed by atoms with Gasteiger partial charge in [-0.05, 0) is 43.0 Å². The summed E-state index contributed by atoms with van der Waals surface area (Å²) in [7, 11) is 0. The number of Topliss-reactive ketones (excluding diaryl/α,β-unsaturated/α-hetero) is 2. The molecule has 24 heavy (non-hydrogen) atoms. The van der Waals surface area contributed by atoms with Gasteiger partial charge in [-0.15, -0.1) is 0 Å². The minimum atomic E-state index is -0.171. The summed E-state index contributed by atoms with van der Waals surface area (Å²) in [5.74, 6) is -0.341. The number of anilines is 1. The van der Waals surface area contributed by atoms with Crippen molar-refractivity contribution in [3.63, 3.8) is 0 Å². The second kappa shape index (κ2) is 6.08. The van der Waals surface area contributed by atoms with E-state index in [4.69, 9.17) is 0 Å². The van der Waals surface area contributed by atoms with Gasteiger partial charge in [-0.2, -0.15) is 0 Å². The van der Waals surface area contributed by atoms with Crippen molar-refractivity contribution in [2.45, 2.75) is 19.3 Å². The van der Waals surface area contributed by atoms with Gasteiger partial charge >= 0.3 is 0 Å². The molecule has 0 aromatic heterocycles. The summed E-state index contributed by atoms with van der Waals surface area (Å²) >= 11 is 0. The van der Waals surface area contributed by atoms with Gasteiger partial charge in [0.1, 0.15) is 0 Å².